The summed E-state index contributed by atoms with van der Waals surface area (Å²) >= 11 is 0. The highest BCUT2D eigenvalue weighted by atomic mass is 16.7. The van der Waals surface area contributed by atoms with Crippen molar-refractivity contribution in [2.24, 2.45) is 0 Å². The highest BCUT2D eigenvalue weighted by molar-refractivity contribution is 5.18. The second kappa shape index (κ2) is 8.03. The number of hydrogen-bond donors (Lipinski definition) is 1. The zero-order valence-electron chi connectivity index (χ0n) is 11.6. The molecule has 0 saturated heterocycles. The highest BCUT2D eigenvalue weighted by Gasteiger charge is 2.05. The molecule has 0 saturated carbocycles. The summed E-state index contributed by atoms with van der Waals surface area (Å²) in [5.74, 6) is 0. The van der Waals surface area contributed by atoms with Gasteiger partial charge in [-0.2, -0.15) is 0 Å². The van der Waals surface area contributed by atoms with E-state index in [1.54, 1.807) is 14.2 Å². The molecule has 0 spiro atoms. The van der Waals surface area contributed by atoms with E-state index in [2.05, 4.69) is 43.4 Å². The van der Waals surface area contributed by atoms with Crippen molar-refractivity contribution >= 4 is 0 Å². The SMILES string of the molecule is COC(/C=C(\C)CN[C@@H](C)c1ccccc1)OC. The van der Waals surface area contributed by atoms with Crippen LogP contribution in [0.3, 0.4) is 0 Å². The Morgan fingerprint density at radius 3 is 2.39 bits per heavy atom. The molecule has 0 aliphatic carbocycles. The third-order valence-electron chi connectivity index (χ3n) is 2.87. The third-order valence-corrected chi connectivity index (χ3v) is 2.87. The van der Waals surface area contributed by atoms with Crippen molar-refractivity contribution in [1.29, 1.82) is 0 Å². The van der Waals surface area contributed by atoms with Gasteiger partial charge in [-0.1, -0.05) is 35.9 Å². The lowest BCUT2D eigenvalue weighted by Gasteiger charge is -2.15. The van der Waals surface area contributed by atoms with Crippen LogP contribution in [0.15, 0.2) is 42.0 Å². The number of benzene rings is 1. The largest absolute Gasteiger partial charge is 0.352 e. The highest BCUT2D eigenvalue weighted by Crippen LogP contribution is 2.11. The van der Waals surface area contributed by atoms with Gasteiger partial charge in [-0.25, -0.2) is 0 Å². The molecule has 0 unspecified atom stereocenters. The molecule has 1 aromatic carbocycles. The lowest BCUT2D eigenvalue weighted by Crippen LogP contribution is -2.21. The molecule has 0 aromatic heterocycles. The topological polar surface area (TPSA) is 30.5 Å². The van der Waals surface area contributed by atoms with E-state index in [4.69, 9.17) is 9.47 Å². The van der Waals surface area contributed by atoms with Crippen LogP contribution in [0.4, 0.5) is 0 Å². The molecular formula is C15H23NO2. The predicted molar refractivity (Wildman–Crippen MR) is 74.4 cm³/mol. The van der Waals surface area contributed by atoms with Crippen molar-refractivity contribution in [3.8, 4) is 0 Å². The van der Waals surface area contributed by atoms with Crippen molar-refractivity contribution in [1.82, 2.24) is 5.32 Å². The van der Waals surface area contributed by atoms with Gasteiger partial charge in [-0.05, 0) is 25.5 Å². The van der Waals surface area contributed by atoms with Crippen LogP contribution < -0.4 is 5.32 Å². The van der Waals surface area contributed by atoms with E-state index >= 15 is 0 Å². The van der Waals surface area contributed by atoms with Gasteiger partial charge >= 0.3 is 0 Å². The molecule has 3 heteroatoms. The summed E-state index contributed by atoms with van der Waals surface area (Å²) in [7, 11) is 3.27. The standard InChI is InChI=1S/C15H23NO2/c1-12(10-15(17-3)18-4)11-16-13(2)14-8-6-5-7-9-14/h5-10,13,15-16H,11H2,1-4H3/b12-10+/t13-/m0/s1. The van der Waals surface area contributed by atoms with Gasteiger partial charge in [0.25, 0.3) is 0 Å². The first-order valence-electron chi connectivity index (χ1n) is 6.18. The number of methoxy groups -OCH3 is 2. The summed E-state index contributed by atoms with van der Waals surface area (Å²) in [5.41, 5.74) is 2.49. The van der Waals surface area contributed by atoms with E-state index in [0.29, 0.717) is 6.04 Å². The predicted octanol–water partition coefficient (Wildman–Crippen LogP) is 2.90. The van der Waals surface area contributed by atoms with E-state index in [-0.39, 0.29) is 6.29 Å². The first-order valence-corrected chi connectivity index (χ1v) is 6.18. The Balaban J connectivity index is 2.45. The minimum Gasteiger partial charge on any atom is -0.352 e. The van der Waals surface area contributed by atoms with Crippen LogP contribution in [-0.2, 0) is 9.47 Å². The van der Waals surface area contributed by atoms with E-state index in [1.807, 2.05) is 12.1 Å². The van der Waals surface area contributed by atoms with Gasteiger partial charge in [0.1, 0.15) is 0 Å². The van der Waals surface area contributed by atoms with E-state index in [1.165, 1.54) is 11.1 Å². The Kier molecular flexibility index (Phi) is 6.65. The van der Waals surface area contributed by atoms with Gasteiger partial charge < -0.3 is 14.8 Å². The van der Waals surface area contributed by atoms with Gasteiger partial charge in [-0.15, -0.1) is 0 Å². The fourth-order valence-corrected chi connectivity index (χ4v) is 1.70. The second-order valence-electron chi connectivity index (χ2n) is 4.37. The van der Waals surface area contributed by atoms with Crippen LogP contribution in [-0.4, -0.2) is 27.1 Å². The van der Waals surface area contributed by atoms with Crippen molar-refractivity contribution in [2.45, 2.75) is 26.2 Å². The van der Waals surface area contributed by atoms with E-state index in [0.717, 1.165) is 6.54 Å². The first-order chi connectivity index (χ1) is 8.67. The third kappa shape index (κ3) is 5.00. The second-order valence-corrected chi connectivity index (χ2v) is 4.37. The number of nitrogens with one attached hydrogen (secondary N) is 1. The molecule has 1 rings (SSSR count). The lowest BCUT2D eigenvalue weighted by molar-refractivity contribution is -0.0671. The number of ether oxygens (including phenoxy) is 2. The quantitative estimate of drug-likeness (QED) is 0.595. The van der Waals surface area contributed by atoms with Crippen molar-refractivity contribution in [2.75, 3.05) is 20.8 Å². The van der Waals surface area contributed by atoms with E-state index in [9.17, 15) is 0 Å². The van der Waals surface area contributed by atoms with E-state index < -0.39 is 0 Å². The molecule has 1 N–H and O–H groups in total. The molecule has 0 amide bonds. The molecule has 1 atom stereocenters. The van der Waals surface area contributed by atoms with Crippen molar-refractivity contribution < 1.29 is 9.47 Å². The molecular weight excluding hydrogens is 226 g/mol. The van der Waals surface area contributed by atoms with Gasteiger partial charge in [0.2, 0.25) is 0 Å². The maximum Gasteiger partial charge on any atom is 0.176 e. The van der Waals surface area contributed by atoms with Gasteiger partial charge in [-0.3, -0.25) is 0 Å². The molecule has 1 aromatic rings. The molecule has 0 heterocycles. The smallest absolute Gasteiger partial charge is 0.176 e. The minimum absolute atomic E-state index is 0.265. The summed E-state index contributed by atoms with van der Waals surface area (Å²) in [6, 6.07) is 10.7. The summed E-state index contributed by atoms with van der Waals surface area (Å²) in [4.78, 5) is 0. The maximum atomic E-state index is 5.14. The zero-order chi connectivity index (χ0) is 13.4. The van der Waals surface area contributed by atoms with Gasteiger partial charge in [0.15, 0.2) is 6.29 Å². The average Bonchev–Trinajstić information content (AvgIpc) is 2.43. The lowest BCUT2D eigenvalue weighted by atomic mass is 10.1. The first kappa shape index (κ1) is 14.9. The van der Waals surface area contributed by atoms with Crippen LogP contribution in [0.1, 0.15) is 25.5 Å². The molecule has 0 radical (unpaired) electrons. The number of hydrogen-bond acceptors (Lipinski definition) is 3. The summed E-state index contributed by atoms with van der Waals surface area (Å²) in [5, 5.41) is 3.47. The molecule has 18 heavy (non-hydrogen) atoms. The molecule has 100 valence electrons. The number of rotatable bonds is 7. The van der Waals surface area contributed by atoms with Crippen LogP contribution in [0.25, 0.3) is 0 Å². The Labute approximate surface area is 110 Å². The molecule has 0 aliphatic heterocycles. The Morgan fingerprint density at radius 2 is 1.83 bits per heavy atom. The molecule has 0 bridgehead atoms. The molecule has 3 nitrogen and oxygen atoms in total. The van der Waals surface area contributed by atoms with Crippen LogP contribution >= 0.6 is 0 Å². The molecule has 0 aliphatic rings. The minimum atomic E-state index is -0.265. The summed E-state index contributed by atoms with van der Waals surface area (Å²) in [6.45, 7) is 5.04. The zero-order valence-corrected chi connectivity index (χ0v) is 11.6. The van der Waals surface area contributed by atoms with Crippen LogP contribution in [0, 0.1) is 0 Å². The summed E-state index contributed by atoms with van der Waals surface area (Å²) < 4.78 is 10.3. The monoisotopic (exact) mass is 249 g/mol. The van der Waals surface area contributed by atoms with Gasteiger partial charge in [0.05, 0.1) is 0 Å². The molecule has 0 fully saturated rings. The van der Waals surface area contributed by atoms with Crippen LogP contribution in [0.5, 0.6) is 0 Å². The Hall–Kier alpha value is -1.16. The fraction of sp³-hybridized carbons (Fsp3) is 0.467. The maximum absolute atomic E-state index is 5.14. The Bertz CT molecular complexity index is 358. The fourth-order valence-electron chi connectivity index (χ4n) is 1.70. The normalized spacial score (nSPS) is 13.9. The van der Waals surface area contributed by atoms with Crippen LogP contribution in [0.2, 0.25) is 0 Å². The van der Waals surface area contributed by atoms with Gasteiger partial charge in [0, 0.05) is 26.8 Å². The summed E-state index contributed by atoms with van der Waals surface area (Å²) in [6.07, 6.45) is 1.71. The average molecular weight is 249 g/mol. The van der Waals surface area contributed by atoms with Crippen molar-refractivity contribution in [3.63, 3.8) is 0 Å². The Morgan fingerprint density at radius 1 is 1.22 bits per heavy atom. The van der Waals surface area contributed by atoms with Crippen molar-refractivity contribution in [3.05, 3.63) is 47.5 Å².